The van der Waals surface area contributed by atoms with Gasteiger partial charge in [0.1, 0.15) is 0 Å². The van der Waals surface area contributed by atoms with Crippen LogP contribution in [0.3, 0.4) is 0 Å². The first-order chi connectivity index (χ1) is 12.4. The summed E-state index contributed by atoms with van der Waals surface area (Å²) >= 11 is 3.77. The minimum Gasteiger partial charge on any atom is -0.297 e. The molecule has 1 nitrogen and oxygen atoms in total. The van der Waals surface area contributed by atoms with Gasteiger partial charge in [-0.15, -0.1) is 0 Å². The van der Waals surface area contributed by atoms with Gasteiger partial charge < -0.3 is 0 Å². The standard InChI is InChI=1S/C24H27BrO/c1-17(2)24(25)16-15-18(3)22(23(24)26)14-11-19-9-12-21(13-10-19)20-7-5-4-6-8-20/h4-14,17-18,22H,15-16H2,1-3H3/b14-11+/t18-,22?,24+/m1/s1. The Kier molecular flexibility index (Phi) is 5.82. The van der Waals surface area contributed by atoms with Gasteiger partial charge in [0, 0.05) is 5.92 Å². The Morgan fingerprint density at radius 3 is 2.27 bits per heavy atom. The van der Waals surface area contributed by atoms with Crippen molar-refractivity contribution in [2.24, 2.45) is 17.8 Å². The molecule has 0 amide bonds. The highest BCUT2D eigenvalue weighted by molar-refractivity contribution is 9.10. The smallest absolute Gasteiger partial charge is 0.156 e. The molecule has 0 N–H and O–H groups in total. The fourth-order valence-electron chi connectivity index (χ4n) is 3.76. The lowest BCUT2D eigenvalue weighted by Gasteiger charge is -2.40. The number of rotatable bonds is 4. The van der Waals surface area contributed by atoms with Gasteiger partial charge in [-0.25, -0.2) is 0 Å². The van der Waals surface area contributed by atoms with Crippen LogP contribution in [0.1, 0.15) is 39.2 Å². The largest absolute Gasteiger partial charge is 0.297 e. The second-order valence-electron chi connectivity index (χ2n) is 7.77. The number of carbonyl (C=O) groups is 1. The molecule has 0 radical (unpaired) electrons. The minimum atomic E-state index is -0.369. The summed E-state index contributed by atoms with van der Waals surface area (Å²) in [7, 11) is 0. The SMILES string of the molecule is CC(C)[C@@]1(Br)CC[C@@H](C)C(/C=C/c2ccc(-c3ccccc3)cc2)C1=O. The summed E-state index contributed by atoms with van der Waals surface area (Å²) in [6.45, 7) is 6.45. The van der Waals surface area contributed by atoms with E-state index in [4.69, 9.17) is 0 Å². The van der Waals surface area contributed by atoms with Crippen LogP contribution in [0, 0.1) is 17.8 Å². The summed E-state index contributed by atoms with van der Waals surface area (Å²) in [5, 5.41) is 0. The highest BCUT2D eigenvalue weighted by Gasteiger charge is 2.46. The van der Waals surface area contributed by atoms with Crippen molar-refractivity contribution in [3.05, 3.63) is 66.2 Å². The van der Waals surface area contributed by atoms with E-state index < -0.39 is 0 Å². The maximum atomic E-state index is 13.1. The van der Waals surface area contributed by atoms with Crippen LogP contribution in [0.15, 0.2) is 60.7 Å². The lowest BCUT2D eigenvalue weighted by molar-refractivity contribution is -0.128. The molecule has 1 aliphatic carbocycles. The van der Waals surface area contributed by atoms with E-state index in [2.05, 4.69) is 97.4 Å². The molecule has 136 valence electrons. The van der Waals surface area contributed by atoms with Gasteiger partial charge in [0.05, 0.1) is 4.32 Å². The van der Waals surface area contributed by atoms with E-state index in [1.807, 2.05) is 6.07 Å². The molecule has 0 aliphatic heterocycles. The molecule has 1 saturated carbocycles. The van der Waals surface area contributed by atoms with Crippen molar-refractivity contribution in [2.75, 3.05) is 0 Å². The Hall–Kier alpha value is -1.67. The summed E-state index contributed by atoms with van der Waals surface area (Å²) in [5.41, 5.74) is 3.57. The normalized spacial score (nSPS) is 26.6. The summed E-state index contributed by atoms with van der Waals surface area (Å²) in [6.07, 6.45) is 6.23. The fourth-order valence-corrected chi connectivity index (χ4v) is 4.25. The first-order valence-electron chi connectivity index (χ1n) is 9.49. The molecule has 1 unspecified atom stereocenters. The highest BCUT2D eigenvalue weighted by atomic mass is 79.9. The van der Waals surface area contributed by atoms with Gasteiger partial charge in [0.2, 0.25) is 0 Å². The van der Waals surface area contributed by atoms with Crippen molar-refractivity contribution >= 4 is 27.8 Å². The molecule has 0 spiro atoms. The number of halogens is 1. The second kappa shape index (κ2) is 7.92. The lowest BCUT2D eigenvalue weighted by atomic mass is 9.70. The molecule has 0 bridgehead atoms. The molecular weight excluding hydrogens is 384 g/mol. The van der Waals surface area contributed by atoms with Gasteiger partial charge >= 0.3 is 0 Å². The molecule has 1 aliphatic rings. The number of hydrogen-bond donors (Lipinski definition) is 0. The molecule has 2 aromatic rings. The molecule has 3 rings (SSSR count). The zero-order valence-electron chi connectivity index (χ0n) is 15.8. The molecule has 2 heteroatoms. The van der Waals surface area contributed by atoms with Gasteiger partial charge in [-0.1, -0.05) is 103 Å². The van der Waals surface area contributed by atoms with Gasteiger partial charge in [-0.05, 0) is 41.4 Å². The number of carbonyl (C=O) groups excluding carboxylic acids is 1. The molecule has 26 heavy (non-hydrogen) atoms. The van der Waals surface area contributed by atoms with Crippen molar-refractivity contribution in [1.29, 1.82) is 0 Å². The summed E-state index contributed by atoms with van der Waals surface area (Å²) in [5.74, 6) is 1.03. The monoisotopic (exact) mass is 410 g/mol. The molecule has 3 atom stereocenters. The number of allylic oxidation sites excluding steroid dienone is 1. The Morgan fingerprint density at radius 1 is 1.04 bits per heavy atom. The van der Waals surface area contributed by atoms with Gasteiger partial charge in [0.25, 0.3) is 0 Å². The van der Waals surface area contributed by atoms with E-state index in [1.165, 1.54) is 11.1 Å². The van der Waals surface area contributed by atoms with Gasteiger partial charge in [0.15, 0.2) is 5.78 Å². The Bertz CT molecular complexity index is 776. The van der Waals surface area contributed by atoms with E-state index in [0.29, 0.717) is 17.6 Å². The zero-order valence-corrected chi connectivity index (χ0v) is 17.4. The van der Waals surface area contributed by atoms with Crippen LogP contribution in [-0.4, -0.2) is 10.1 Å². The Morgan fingerprint density at radius 2 is 1.65 bits per heavy atom. The predicted octanol–water partition coefficient (Wildman–Crippen LogP) is 6.77. The summed E-state index contributed by atoms with van der Waals surface area (Å²) in [6, 6.07) is 18.9. The number of ketones is 1. The number of benzene rings is 2. The van der Waals surface area contributed by atoms with Crippen LogP contribution in [0.2, 0.25) is 0 Å². The van der Waals surface area contributed by atoms with Crippen LogP contribution in [0.5, 0.6) is 0 Å². The van der Waals surface area contributed by atoms with Crippen LogP contribution in [0.25, 0.3) is 17.2 Å². The maximum Gasteiger partial charge on any atom is 0.156 e. The number of alkyl halides is 1. The molecule has 0 heterocycles. The predicted molar refractivity (Wildman–Crippen MR) is 114 cm³/mol. The summed E-state index contributed by atoms with van der Waals surface area (Å²) in [4.78, 5) is 13.1. The average molecular weight is 411 g/mol. The first kappa shape index (κ1) is 19.1. The lowest BCUT2D eigenvalue weighted by Crippen LogP contribution is -2.47. The van der Waals surface area contributed by atoms with Gasteiger partial charge in [-0.2, -0.15) is 0 Å². The van der Waals surface area contributed by atoms with Crippen molar-refractivity contribution in [3.8, 4) is 11.1 Å². The van der Waals surface area contributed by atoms with Crippen LogP contribution in [0.4, 0.5) is 0 Å². The van der Waals surface area contributed by atoms with Crippen molar-refractivity contribution in [1.82, 2.24) is 0 Å². The Labute approximate surface area is 165 Å². The first-order valence-corrected chi connectivity index (χ1v) is 10.3. The van der Waals surface area contributed by atoms with Crippen molar-refractivity contribution in [3.63, 3.8) is 0 Å². The van der Waals surface area contributed by atoms with Crippen molar-refractivity contribution < 1.29 is 4.79 Å². The van der Waals surface area contributed by atoms with E-state index in [9.17, 15) is 4.79 Å². The third-order valence-electron chi connectivity index (χ3n) is 5.72. The Balaban J connectivity index is 1.77. The molecular formula is C24H27BrO. The zero-order chi connectivity index (χ0) is 18.7. The van der Waals surface area contributed by atoms with Crippen molar-refractivity contribution in [2.45, 2.75) is 37.9 Å². The molecule has 1 fully saturated rings. The number of Topliss-reactive ketones (excluding diaryl/α,β-unsaturated/α-hetero) is 1. The van der Waals surface area contributed by atoms with E-state index in [0.717, 1.165) is 18.4 Å². The van der Waals surface area contributed by atoms with E-state index in [1.54, 1.807) is 0 Å². The molecule has 0 saturated heterocycles. The average Bonchev–Trinajstić information content (AvgIpc) is 2.66. The fraction of sp³-hybridized carbons (Fsp3) is 0.375. The van der Waals surface area contributed by atoms with Crippen LogP contribution in [-0.2, 0) is 4.79 Å². The third-order valence-corrected chi connectivity index (χ3v) is 7.42. The minimum absolute atomic E-state index is 0.0145. The maximum absolute atomic E-state index is 13.1. The van der Waals surface area contributed by atoms with E-state index >= 15 is 0 Å². The van der Waals surface area contributed by atoms with E-state index in [-0.39, 0.29) is 10.2 Å². The summed E-state index contributed by atoms with van der Waals surface area (Å²) < 4.78 is -0.369. The van der Waals surface area contributed by atoms with Gasteiger partial charge in [-0.3, -0.25) is 4.79 Å². The molecule has 0 aromatic heterocycles. The third kappa shape index (κ3) is 3.86. The topological polar surface area (TPSA) is 17.1 Å². The number of hydrogen-bond acceptors (Lipinski definition) is 1. The molecule has 2 aromatic carbocycles. The second-order valence-corrected chi connectivity index (χ2v) is 9.19. The quantitative estimate of drug-likeness (QED) is 0.508. The highest BCUT2D eigenvalue weighted by Crippen LogP contribution is 2.44. The van der Waals surface area contributed by atoms with Crippen LogP contribution >= 0.6 is 15.9 Å². The van der Waals surface area contributed by atoms with Crippen LogP contribution < -0.4 is 0 Å².